The van der Waals surface area contributed by atoms with Crippen molar-refractivity contribution in [2.24, 2.45) is 5.73 Å². The van der Waals surface area contributed by atoms with E-state index in [2.05, 4.69) is 18.2 Å². The minimum atomic E-state index is -0.444. The van der Waals surface area contributed by atoms with Crippen molar-refractivity contribution >= 4 is 27.5 Å². The molecule has 0 spiro atoms. The molecule has 0 saturated heterocycles. The molecule has 3 aromatic carbocycles. The second-order valence-electron chi connectivity index (χ2n) is 4.02. The fourth-order valence-electron chi connectivity index (χ4n) is 2.01. The average Bonchev–Trinajstić information content (AvgIpc) is 2.35. The van der Waals surface area contributed by atoms with Crippen LogP contribution in [0.3, 0.4) is 0 Å². The summed E-state index contributed by atoms with van der Waals surface area (Å²) in [6, 6.07) is 18.9. The van der Waals surface area contributed by atoms with Gasteiger partial charge in [0.1, 0.15) is 0 Å². The number of nitrogens with two attached hydrogens (primary N) is 1. The molecule has 2 nitrogen and oxygen atoms in total. The van der Waals surface area contributed by atoms with Crippen LogP contribution in [-0.4, -0.2) is 5.91 Å². The van der Waals surface area contributed by atoms with Gasteiger partial charge in [-0.1, -0.05) is 30.3 Å². The Morgan fingerprint density at radius 1 is 0.941 bits per heavy atom. The van der Waals surface area contributed by atoms with Crippen molar-refractivity contribution in [2.45, 2.75) is 0 Å². The van der Waals surface area contributed by atoms with Crippen molar-refractivity contribution in [3.63, 3.8) is 0 Å². The lowest BCUT2D eigenvalue weighted by molar-refractivity contribution is 0.1000. The third-order valence-corrected chi connectivity index (χ3v) is 2.88. The number of primary amides is 1. The molecule has 2 heteroatoms. The summed E-state index contributed by atoms with van der Waals surface area (Å²) in [5.41, 5.74) is 5.67. The highest BCUT2D eigenvalue weighted by Crippen LogP contribution is 2.23. The van der Waals surface area contributed by atoms with Gasteiger partial charge >= 0.3 is 0 Å². The Bertz CT molecular complexity index is 731. The van der Waals surface area contributed by atoms with Crippen LogP contribution in [0, 0.1) is 6.07 Å². The van der Waals surface area contributed by atoms with Gasteiger partial charge in [-0.15, -0.1) is 0 Å². The molecule has 0 saturated carbocycles. The smallest absolute Gasteiger partial charge is 0.249 e. The number of hydrogen-bond acceptors (Lipinski definition) is 1. The molecule has 0 aliphatic heterocycles. The third-order valence-electron chi connectivity index (χ3n) is 2.88. The number of amides is 1. The summed E-state index contributed by atoms with van der Waals surface area (Å²) in [4.78, 5) is 11.1. The predicted octanol–water partition coefficient (Wildman–Crippen LogP) is 2.89. The standard InChI is InChI=1S/C15H10NO/c16-15(17)13-6-5-12-7-10-3-1-2-4-11(10)8-14(12)9-13/h1-8H,(H2,16,17). The van der Waals surface area contributed by atoms with Gasteiger partial charge in [-0.3, -0.25) is 4.79 Å². The first-order valence-electron chi connectivity index (χ1n) is 5.39. The molecule has 1 radical (unpaired) electrons. The summed E-state index contributed by atoms with van der Waals surface area (Å²) >= 11 is 0. The van der Waals surface area contributed by atoms with Gasteiger partial charge in [-0.2, -0.15) is 0 Å². The lowest BCUT2D eigenvalue weighted by Gasteiger charge is -2.03. The van der Waals surface area contributed by atoms with Gasteiger partial charge < -0.3 is 5.73 Å². The average molecular weight is 220 g/mol. The molecular formula is C15H10NO. The molecule has 3 aromatic rings. The molecule has 0 bridgehead atoms. The third kappa shape index (κ3) is 1.64. The maximum Gasteiger partial charge on any atom is 0.249 e. The molecule has 1 amide bonds. The van der Waals surface area contributed by atoms with Crippen LogP contribution in [0.5, 0.6) is 0 Å². The van der Waals surface area contributed by atoms with Crippen molar-refractivity contribution in [2.75, 3.05) is 0 Å². The van der Waals surface area contributed by atoms with Crippen molar-refractivity contribution in [3.8, 4) is 0 Å². The van der Waals surface area contributed by atoms with Crippen LogP contribution in [0.4, 0.5) is 0 Å². The number of rotatable bonds is 1. The van der Waals surface area contributed by atoms with E-state index in [0.29, 0.717) is 5.56 Å². The molecule has 81 valence electrons. The van der Waals surface area contributed by atoms with E-state index in [1.807, 2.05) is 30.3 Å². The quantitative estimate of drug-likeness (QED) is 0.629. The molecule has 0 fully saturated rings. The summed E-state index contributed by atoms with van der Waals surface area (Å²) in [6.45, 7) is 0. The molecular weight excluding hydrogens is 210 g/mol. The van der Waals surface area contributed by atoms with E-state index >= 15 is 0 Å². The molecule has 17 heavy (non-hydrogen) atoms. The highest BCUT2D eigenvalue weighted by Gasteiger charge is 2.03. The van der Waals surface area contributed by atoms with E-state index in [-0.39, 0.29) is 0 Å². The van der Waals surface area contributed by atoms with E-state index in [4.69, 9.17) is 5.73 Å². The van der Waals surface area contributed by atoms with Crippen molar-refractivity contribution in [1.82, 2.24) is 0 Å². The number of carbonyl (C=O) groups is 1. The van der Waals surface area contributed by atoms with Crippen LogP contribution in [0.15, 0.2) is 48.5 Å². The summed E-state index contributed by atoms with van der Waals surface area (Å²) in [5, 5.41) is 4.30. The Labute approximate surface area is 98.7 Å². The van der Waals surface area contributed by atoms with E-state index in [1.54, 1.807) is 6.07 Å². The highest BCUT2D eigenvalue weighted by atomic mass is 16.1. The zero-order chi connectivity index (χ0) is 11.8. The molecule has 3 rings (SSSR count). The molecule has 2 N–H and O–H groups in total. The molecule has 0 aromatic heterocycles. The van der Waals surface area contributed by atoms with Gasteiger partial charge in [-0.05, 0) is 39.7 Å². The minimum Gasteiger partial charge on any atom is -0.366 e. The van der Waals surface area contributed by atoms with E-state index < -0.39 is 5.91 Å². The molecule has 0 aliphatic carbocycles. The van der Waals surface area contributed by atoms with Crippen LogP contribution in [0.1, 0.15) is 10.4 Å². The number of hydrogen-bond donors (Lipinski definition) is 1. The van der Waals surface area contributed by atoms with Gasteiger partial charge in [0.05, 0.1) is 0 Å². The Kier molecular flexibility index (Phi) is 2.08. The summed E-state index contributed by atoms with van der Waals surface area (Å²) in [7, 11) is 0. The van der Waals surface area contributed by atoms with Gasteiger partial charge in [0.15, 0.2) is 0 Å². The zero-order valence-electron chi connectivity index (χ0n) is 9.10. The molecule has 0 atom stereocenters. The maximum absolute atomic E-state index is 11.1. The first kappa shape index (κ1) is 9.85. The van der Waals surface area contributed by atoms with Crippen LogP contribution in [0.25, 0.3) is 21.5 Å². The van der Waals surface area contributed by atoms with Crippen LogP contribution >= 0.6 is 0 Å². The Morgan fingerprint density at radius 2 is 1.65 bits per heavy atom. The topological polar surface area (TPSA) is 43.1 Å². The lowest BCUT2D eigenvalue weighted by Crippen LogP contribution is -2.10. The fourth-order valence-corrected chi connectivity index (χ4v) is 2.01. The van der Waals surface area contributed by atoms with Crippen molar-refractivity contribution in [3.05, 3.63) is 60.2 Å². The zero-order valence-corrected chi connectivity index (χ0v) is 9.10. The first-order valence-corrected chi connectivity index (χ1v) is 5.39. The summed E-state index contributed by atoms with van der Waals surface area (Å²) in [6.07, 6.45) is 0. The number of fused-ring (bicyclic) bond motifs is 2. The highest BCUT2D eigenvalue weighted by molar-refractivity contribution is 6.02. The fraction of sp³-hybridized carbons (Fsp3) is 0. The van der Waals surface area contributed by atoms with E-state index in [1.165, 1.54) is 5.39 Å². The van der Waals surface area contributed by atoms with Gasteiger partial charge in [0.2, 0.25) is 5.91 Å². The second kappa shape index (κ2) is 3.59. The second-order valence-corrected chi connectivity index (χ2v) is 4.02. The van der Waals surface area contributed by atoms with E-state index in [0.717, 1.165) is 16.2 Å². The SMILES string of the molecule is NC(=O)c1[c]c2cc3ccccc3cc2cc1. The molecule has 0 unspecified atom stereocenters. The monoisotopic (exact) mass is 220 g/mol. The van der Waals surface area contributed by atoms with Crippen LogP contribution in [0.2, 0.25) is 0 Å². The normalized spacial score (nSPS) is 10.8. The van der Waals surface area contributed by atoms with Crippen LogP contribution in [-0.2, 0) is 0 Å². The Morgan fingerprint density at radius 3 is 2.35 bits per heavy atom. The number of benzene rings is 3. The van der Waals surface area contributed by atoms with Crippen molar-refractivity contribution in [1.29, 1.82) is 0 Å². The first-order chi connectivity index (χ1) is 8.24. The van der Waals surface area contributed by atoms with Gasteiger partial charge in [-0.25, -0.2) is 0 Å². The summed E-state index contributed by atoms with van der Waals surface area (Å²) < 4.78 is 0. The summed E-state index contributed by atoms with van der Waals surface area (Å²) in [5.74, 6) is -0.444. The van der Waals surface area contributed by atoms with Crippen LogP contribution < -0.4 is 5.73 Å². The predicted molar refractivity (Wildman–Crippen MR) is 68.8 cm³/mol. The minimum absolute atomic E-state index is 0.424. The lowest BCUT2D eigenvalue weighted by atomic mass is 10.0. The maximum atomic E-state index is 11.1. The van der Waals surface area contributed by atoms with Crippen molar-refractivity contribution < 1.29 is 4.79 Å². The molecule has 0 aliphatic rings. The van der Waals surface area contributed by atoms with Gasteiger partial charge in [0, 0.05) is 11.6 Å². The number of carbonyl (C=O) groups excluding carboxylic acids is 1. The Balaban J connectivity index is 2.36. The van der Waals surface area contributed by atoms with Gasteiger partial charge in [0.25, 0.3) is 0 Å². The van der Waals surface area contributed by atoms with E-state index in [9.17, 15) is 4.79 Å². The largest absolute Gasteiger partial charge is 0.366 e. The molecule has 0 heterocycles. The Hall–Kier alpha value is -2.35.